The number of hydrogen-bond acceptors (Lipinski definition) is 5. The molecule has 1 amide bonds. The van der Waals surface area contributed by atoms with E-state index in [1.54, 1.807) is 36.4 Å². The number of nitrogens with zero attached hydrogens (tertiary/aromatic N) is 1. The maximum Gasteiger partial charge on any atom is 0.409 e. The Kier molecular flexibility index (Phi) is 6.61. The van der Waals surface area contributed by atoms with E-state index < -0.39 is 24.1 Å². The fraction of sp³-hybridized carbons (Fsp3) is 0.125. The molecule has 4 rings (SSSR count). The maximum atomic E-state index is 14.7. The lowest BCUT2D eigenvalue weighted by Crippen LogP contribution is -2.46. The highest BCUT2D eigenvalue weighted by atomic mass is 79.9. The monoisotopic (exact) mass is 495 g/mol. The number of nitrogens with one attached hydrogen (secondary N) is 2. The van der Waals surface area contributed by atoms with E-state index in [2.05, 4.69) is 31.6 Å². The van der Waals surface area contributed by atoms with Crippen molar-refractivity contribution in [3.05, 3.63) is 99.8 Å². The Hall–Kier alpha value is -3.52. The number of fused-ring (bicyclic) bond motifs is 1. The van der Waals surface area contributed by atoms with Crippen LogP contribution < -0.4 is 10.6 Å². The van der Waals surface area contributed by atoms with Crippen molar-refractivity contribution in [1.29, 1.82) is 0 Å². The first kappa shape index (κ1) is 21.7. The Morgan fingerprint density at radius 1 is 1.09 bits per heavy atom. The largest absolute Gasteiger partial charge is 0.445 e. The van der Waals surface area contributed by atoms with Gasteiger partial charge < -0.3 is 14.8 Å². The molecule has 0 saturated carbocycles. The van der Waals surface area contributed by atoms with Gasteiger partial charge in [-0.15, -0.1) is 0 Å². The highest BCUT2D eigenvalue weighted by Gasteiger charge is 2.30. The zero-order valence-electron chi connectivity index (χ0n) is 16.8. The molecule has 3 aromatic rings. The van der Waals surface area contributed by atoms with E-state index in [4.69, 9.17) is 4.74 Å². The topological polar surface area (TPSA) is 79.8 Å². The molecule has 8 heteroatoms. The second-order valence-corrected chi connectivity index (χ2v) is 8.02. The third-order valence-electron chi connectivity index (χ3n) is 4.92. The van der Waals surface area contributed by atoms with Crippen LogP contribution in [0.5, 0.6) is 0 Å². The Morgan fingerprint density at radius 2 is 1.84 bits per heavy atom. The van der Waals surface area contributed by atoms with Crippen molar-refractivity contribution in [3.63, 3.8) is 0 Å². The molecule has 0 bridgehead atoms. The Morgan fingerprint density at radius 3 is 2.59 bits per heavy atom. The average molecular weight is 496 g/mol. The summed E-state index contributed by atoms with van der Waals surface area (Å²) in [6, 6.07) is 19.9. The van der Waals surface area contributed by atoms with Gasteiger partial charge in [-0.25, -0.2) is 9.18 Å². The molecule has 0 aromatic heterocycles. The van der Waals surface area contributed by atoms with E-state index in [9.17, 15) is 14.0 Å². The number of rotatable bonds is 5. The van der Waals surface area contributed by atoms with Gasteiger partial charge in [-0.2, -0.15) is 0 Å². The van der Waals surface area contributed by atoms with Crippen molar-refractivity contribution in [3.8, 4) is 0 Å². The first-order valence-electron chi connectivity index (χ1n) is 9.87. The highest BCUT2D eigenvalue weighted by molar-refractivity contribution is 9.10. The molecule has 0 spiro atoms. The number of ether oxygens (including phenoxy) is 1. The van der Waals surface area contributed by atoms with Crippen LogP contribution >= 0.6 is 15.9 Å². The predicted molar refractivity (Wildman–Crippen MR) is 123 cm³/mol. The lowest BCUT2D eigenvalue weighted by atomic mass is 10.00. The third-order valence-corrected chi connectivity index (χ3v) is 5.41. The van der Waals surface area contributed by atoms with E-state index in [1.807, 2.05) is 30.3 Å². The zero-order valence-corrected chi connectivity index (χ0v) is 18.4. The number of benzene rings is 3. The maximum absolute atomic E-state index is 14.7. The van der Waals surface area contributed by atoms with Gasteiger partial charge in [-0.05, 0) is 35.9 Å². The summed E-state index contributed by atoms with van der Waals surface area (Å²) >= 11 is 3.43. The Balaban J connectivity index is 1.67. The molecule has 6 nitrogen and oxygen atoms in total. The van der Waals surface area contributed by atoms with Crippen LogP contribution in [-0.4, -0.2) is 30.3 Å². The van der Waals surface area contributed by atoms with Crippen molar-refractivity contribution < 1.29 is 18.7 Å². The van der Waals surface area contributed by atoms with E-state index in [1.165, 1.54) is 6.07 Å². The fourth-order valence-electron chi connectivity index (χ4n) is 3.37. The summed E-state index contributed by atoms with van der Waals surface area (Å²) in [7, 11) is 0. The number of carbonyl (C=O) groups excluding carboxylic acids is 2. The van der Waals surface area contributed by atoms with Gasteiger partial charge in [0.2, 0.25) is 0 Å². The van der Waals surface area contributed by atoms with E-state index >= 15 is 0 Å². The fourth-order valence-corrected chi connectivity index (χ4v) is 3.73. The van der Waals surface area contributed by atoms with Crippen LogP contribution in [-0.2, 0) is 16.1 Å². The minimum absolute atomic E-state index is 0.0651. The number of alkyl carbamates (subject to hydrolysis) is 1. The van der Waals surface area contributed by atoms with Crippen molar-refractivity contribution >= 4 is 39.7 Å². The number of amides is 1. The lowest BCUT2D eigenvalue weighted by Gasteiger charge is -2.20. The van der Waals surface area contributed by atoms with E-state index in [-0.39, 0.29) is 12.2 Å². The van der Waals surface area contributed by atoms with Gasteiger partial charge in [-0.3, -0.25) is 10.3 Å². The SMILES string of the molecule is O=CC1Nc2ccc(Br)cc2C(c2ccccc2F)=NC1NC(=O)OCc1ccccc1. The van der Waals surface area contributed by atoms with Gasteiger partial charge in [-0.1, -0.05) is 58.4 Å². The van der Waals surface area contributed by atoms with Gasteiger partial charge in [0, 0.05) is 21.3 Å². The number of aldehydes is 1. The standard InChI is InChI=1S/C24H19BrFN3O3/c25-16-10-11-20-18(12-16)22(17-8-4-5-9-19(17)26)28-23(21(13-30)27-20)29-24(31)32-14-15-6-2-1-3-7-15/h1-13,21,23,27H,14H2,(H,29,31). The molecule has 0 fully saturated rings. The van der Waals surface area contributed by atoms with Crippen LogP contribution in [0.3, 0.4) is 0 Å². The summed E-state index contributed by atoms with van der Waals surface area (Å²) in [4.78, 5) is 28.9. The van der Waals surface area contributed by atoms with Gasteiger partial charge >= 0.3 is 6.09 Å². The normalized spacial score (nSPS) is 17.2. The Labute approximate surface area is 192 Å². The molecule has 1 aliphatic rings. The van der Waals surface area contributed by atoms with E-state index in [0.717, 1.165) is 10.0 Å². The Bertz CT molecular complexity index is 1170. The first-order valence-corrected chi connectivity index (χ1v) is 10.7. The van der Waals surface area contributed by atoms with Gasteiger partial charge in [0.25, 0.3) is 0 Å². The molecule has 1 aliphatic heterocycles. The summed E-state index contributed by atoms with van der Waals surface area (Å²) in [5, 5.41) is 5.71. The summed E-state index contributed by atoms with van der Waals surface area (Å²) in [6.07, 6.45) is -1.10. The van der Waals surface area contributed by atoms with Crippen LogP contribution in [0.25, 0.3) is 0 Å². The number of carbonyl (C=O) groups is 2. The zero-order chi connectivity index (χ0) is 22.5. The summed E-state index contributed by atoms with van der Waals surface area (Å²) in [5.41, 5.74) is 2.57. The first-order chi connectivity index (χ1) is 15.5. The number of aliphatic imine (C=N–C) groups is 1. The molecule has 0 aliphatic carbocycles. The van der Waals surface area contributed by atoms with Crippen molar-refractivity contribution in [2.45, 2.75) is 18.8 Å². The molecule has 3 aromatic carbocycles. The molecule has 0 saturated heterocycles. The number of benzodiazepines with no additional fused rings is 1. The minimum atomic E-state index is -1.02. The molecular weight excluding hydrogens is 477 g/mol. The smallest absolute Gasteiger partial charge is 0.409 e. The second-order valence-electron chi connectivity index (χ2n) is 7.10. The minimum Gasteiger partial charge on any atom is -0.445 e. The van der Waals surface area contributed by atoms with Crippen molar-refractivity contribution in [1.82, 2.24) is 5.32 Å². The molecule has 0 radical (unpaired) electrons. The van der Waals surface area contributed by atoms with Crippen LogP contribution in [0.15, 0.2) is 82.3 Å². The predicted octanol–water partition coefficient (Wildman–Crippen LogP) is 4.67. The summed E-state index contributed by atoms with van der Waals surface area (Å²) in [5.74, 6) is -0.466. The summed E-state index contributed by atoms with van der Waals surface area (Å²) < 4.78 is 20.7. The molecule has 2 atom stereocenters. The molecular formula is C24H19BrFN3O3. The average Bonchev–Trinajstić information content (AvgIpc) is 2.95. The quantitative estimate of drug-likeness (QED) is 0.504. The number of anilines is 1. The lowest BCUT2D eigenvalue weighted by molar-refractivity contribution is -0.108. The third kappa shape index (κ3) is 4.86. The molecule has 162 valence electrons. The van der Waals surface area contributed by atoms with Crippen LogP contribution in [0.1, 0.15) is 16.7 Å². The van der Waals surface area contributed by atoms with Gasteiger partial charge in [0.15, 0.2) is 6.17 Å². The number of halogens is 2. The van der Waals surface area contributed by atoms with Crippen molar-refractivity contribution in [2.24, 2.45) is 4.99 Å². The molecule has 32 heavy (non-hydrogen) atoms. The van der Waals surface area contributed by atoms with Crippen LogP contribution in [0, 0.1) is 5.82 Å². The van der Waals surface area contributed by atoms with Crippen LogP contribution in [0.4, 0.5) is 14.9 Å². The van der Waals surface area contributed by atoms with E-state index in [0.29, 0.717) is 23.2 Å². The molecule has 2 unspecified atom stereocenters. The van der Waals surface area contributed by atoms with Gasteiger partial charge in [0.1, 0.15) is 24.8 Å². The molecule has 1 heterocycles. The van der Waals surface area contributed by atoms with Gasteiger partial charge in [0.05, 0.1) is 5.71 Å². The molecule has 2 N–H and O–H groups in total. The van der Waals surface area contributed by atoms with Crippen molar-refractivity contribution in [2.75, 3.05) is 5.32 Å². The highest BCUT2D eigenvalue weighted by Crippen LogP contribution is 2.29. The summed E-state index contributed by atoms with van der Waals surface area (Å²) in [6.45, 7) is 0.0651. The number of hydrogen-bond donors (Lipinski definition) is 2. The van der Waals surface area contributed by atoms with Crippen LogP contribution in [0.2, 0.25) is 0 Å². The second kappa shape index (κ2) is 9.74.